The van der Waals surface area contributed by atoms with Crippen LogP contribution in [0.2, 0.25) is 0 Å². The molecule has 0 saturated carbocycles. The first-order valence-corrected chi connectivity index (χ1v) is 11.1. The Kier molecular flexibility index (Phi) is 5.79. The molecule has 0 aliphatic carbocycles. The van der Waals surface area contributed by atoms with Gasteiger partial charge in [0.25, 0.3) is 0 Å². The van der Waals surface area contributed by atoms with E-state index in [1.54, 1.807) is 29.3 Å². The molecular formula is C26H22FN3O2S. The third-order valence-corrected chi connectivity index (χ3v) is 5.89. The molecular weight excluding hydrogens is 437 g/mol. The van der Waals surface area contributed by atoms with E-state index in [0.29, 0.717) is 28.9 Å². The van der Waals surface area contributed by atoms with Crippen LogP contribution < -0.4 is 15.0 Å². The van der Waals surface area contributed by atoms with Gasteiger partial charge in [0, 0.05) is 11.8 Å². The normalized spacial score (nSPS) is 17.8. The molecule has 1 saturated heterocycles. The zero-order valence-corrected chi connectivity index (χ0v) is 18.8. The molecule has 0 radical (unpaired) electrons. The van der Waals surface area contributed by atoms with Gasteiger partial charge >= 0.3 is 0 Å². The van der Waals surface area contributed by atoms with Crippen molar-refractivity contribution in [2.75, 3.05) is 11.5 Å². The Hall–Kier alpha value is -3.71. The number of hydrogen-bond donors (Lipinski definition) is 1. The van der Waals surface area contributed by atoms with Crippen LogP contribution in [-0.4, -0.2) is 16.7 Å². The van der Waals surface area contributed by atoms with Gasteiger partial charge in [-0.3, -0.25) is 4.98 Å². The van der Waals surface area contributed by atoms with Crippen molar-refractivity contribution in [1.29, 1.82) is 0 Å². The number of ether oxygens (including phenoxy) is 1. The second-order valence-corrected chi connectivity index (χ2v) is 7.99. The molecule has 1 fully saturated rings. The summed E-state index contributed by atoms with van der Waals surface area (Å²) < 4.78 is 26.7. The van der Waals surface area contributed by atoms with Crippen molar-refractivity contribution in [3.63, 3.8) is 0 Å². The Morgan fingerprint density at radius 3 is 2.55 bits per heavy atom. The molecule has 2 aromatic heterocycles. The quantitative estimate of drug-likeness (QED) is 0.354. The minimum Gasteiger partial charge on any atom is -0.494 e. The van der Waals surface area contributed by atoms with Crippen molar-refractivity contribution in [2.45, 2.75) is 19.0 Å². The Bertz CT molecular complexity index is 1260. The number of thiocarbonyl (C=S) groups is 1. The van der Waals surface area contributed by atoms with E-state index >= 15 is 0 Å². The van der Waals surface area contributed by atoms with Crippen LogP contribution in [0.5, 0.6) is 5.75 Å². The lowest BCUT2D eigenvalue weighted by Crippen LogP contribution is -2.30. The van der Waals surface area contributed by atoms with E-state index in [-0.39, 0.29) is 11.9 Å². The molecule has 0 spiro atoms. The number of nitrogens with zero attached hydrogens (tertiary/aromatic N) is 2. The van der Waals surface area contributed by atoms with Gasteiger partial charge in [-0.05, 0) is 79.8 Å². The molecule has 5 rings (SSSR count). The largest absolute Gasteiger partial charge is 0.494 e. The average molecular weight is 460 g/mol. The Balaban J connectivity index is 1.56. The number of hydrogen-bond acceptors (Lipinski definition) is 4. The van der Waals surface area contributed by atoms with Gasteiger partial charge in [-0.25, -0.2) is 4.39 Å². The smallest absolute Gasteiger partial charge is 0.174 e. The van der Waals surface area contributed by atoms with Crippen LogP contribution >= 0.6 is 12.2 Å². The fourth-order valence-corrected chi connectivity index (χ4v) is 4.44. The van der Waals surface area contributed by atoms with Gasteiger partial charge in [-0.2, -0.15) is 0 Å². The summed E-state index contributed by atoms with van der Waals surface area (Å²) in [5.74, 6) is 1.81. The number of furan rings is 1. The van der Waals surface area contributed by atoms with Crippen LogP contribution in [0.25, 0.3) is 11.3 Å². The molecule has 1 aliphatic heterocycles. The third kappa shape index (κ3) is 4.07. The minimum absolute atomic E-state index is 0.308. The highest BCUT2D eigenvalue weighted by Crippen LogP contribution is 2.43. The highest BCUT2D eigenvalue weighted by Gasteiger charge is 2.43. The van der Waals surface area contributed by atoms with Crippen molar-refractivity contribution < 1.29 is 13.5 Å². The van der Waals surface area contributed by atoms with Crippen molar-refractivity contribution >= 4 is 23.0 Å². The maximum Gasteiger partial charge on any atom is 0.174 e. The second kappa shape index (κ2) is 9.03. The SMILES string of the molecule is CCOc1ccc(-c2ccc([C@@H]3[C@H](c4ccccn4)NC(=S)N3c3ccccc3F)o2)cc1. The molecule has 33 heavy (non-hydrogen) atoms. The fraction of sp³-hybridized carbons (Fsp3) is 0.154. The maximum atomic E-state index is 14.8. The van der Waals surface area contributed by atoms with Crippen molar-refractivity contribution in [1.82, 2.24) is 10.3 Å². The van der Waals surface area contributed by atoms with Crippen LogP contribution in [0.1, 0.15) is 30.5 Å². The fourth-order valence-electron chi connectivity index (χ4n) is 4.10. The number of rotatable bonds is 6. The summed E-state index contributed by atoms with van der Waals surface area (Å²) in [6.07, 6.45) is 1.73. The van der Waals surface area contributed by atoms with E-state index in [2.05, 4.69) is 10.3 Å². The number of anilines is 1. The molecule has 0 bridgehead atoms. The molecule has 3 heterocycles. The van der Waals surface area contributed by atoms with Crippen LogP contribution in [0.4, 0.5) is 10.1 Å². The molecule has 4 aromatic rings. The summed E-state index contributed by atoms with van der Waals surface area (Å²) in [5, 5.41) is 3.73. The number of para-hydroxylation sites is 1. The Morgan fingerprint density at radius 1 is 1.03 bits per heavy atom. The van der Waals surface area contributed by atoms with E-state index in [1.165, 1.54) is 6.07 Å². The Morgan fingerprint density at radius 2 is 1.82 bits per heavy atom. The summed E-state index contributed by atoms with van der Waals surface area (Å²) in [5.41, 5.74) is 2.10. The van der Waals surface area contributed by atoms with Crippen LogP contribution in [0, 0.1) is 5.82 Å². The van der Waals surface area contributed by atoms with Gasteiger partial charge in [0.1, 0.15) is 29.1 Å². The number of halogens is 1. The topological polar surface area (TPSA) is 50.5 Å². The van der Waals surface area contributed by atoms with E-state index in [1.807, 2.05) is 61.5 Å². The first-order valence-electron chi connectivity index (χ1n) is 10.7. The lowest BCUT2D eigenvalue weighted by Gasteiger charge is -2.26. The summed E-state index contributed by atoms with van der Waals surface area (Å²) in [4.78, 5) is 6.28. The highest BCUT2D eigenvalue weighted by molar-refractivity contribution is 7.80. The van der Waals surface area contributed by atoms with Crippen LogP contribution in [0.3, 0.4) is 0 Å². The molecule has 1 aliphatic rings. The van der Waals surface area contributed by atoms with Gasteiger partial charge < -0.3 is 19.4 Å². The summed E-state index contributed by atoms with van der Waals surface area (Å²) in [6, 6.07) is 23.1. The average Bonchev–Trinajstić information content (AvgIpc) is 3.45. The van der Waals surface area contributed by atoms with E-state index in [9.17, 15) is 4.39 Å². The summed E-state index contributed by atoms with van der Waals surface area (Å²) in [7, 11) is 0. The summed E-state index contributed by atoms with van der Waals surface area (Å²) >= 11 is 5.64. The molecule has 2 aromatic carbocycles. The third-order valence-electron chi connectivity index (χ3n) is 5.58. The van der Waals surface area contributed by atoms with Crippen molar-refractivity contribution in [2.24, 2.45) is 0 Å². The molecule has 0 amide bonds. The van der Waals surface area contributed by atoms with Crippen molar-refractivity contribution in [3.8, 4) is 17.1 Å². The Labute approximate surface area is 196 Å². The van der Waals surface area contributed by atoms with Gasteiger partial charge in [-0.15, -0.1) is 0 Å². The molecule has 5 nitrogen and oxygen atoms in total. The van der Waals surface area contributed by atoms with E-state index < -0.39 is 6.04 Å². The zero-order valence-electron chi connectivity index (χ0n) is 17.9. The maximum absolute atomic E-state index is 14.8. The van der Waals surface area contributed by atoms with Gasteiger partial charge in [0.2, 0.25) is 0 Å². The number of aromatic nitrogens is 1. The zero-order chi connectivity index (χ0) is 22.8. The van der Waals surface area contributed by atoms with E-state index in [4.69, 9.17) is 21.4 Å². The second-order valence-electron chi connectivity index (χ2n) is 7.61. The van der Waals surface area contributed by atoms with Gasteiger partial charge in [0.05, 0.1) is 24.0 Å². The minimum atomic E-state index is -0.416. The summed E-state index contributed by atoms with van der Waals surface area (Å²) in [6.45, 7) is 2.56. The molecule has 2 atom stereocenters. The highest BCUT2D eigenvalue weighted by atomic mass is 32.1. The van der Waals surface area contributed by atoms with Gasteiger partial charge in [0.15, 0.2) is 5.11 Å². The standard InChI is InChI=1S/C26H22FN3O2S/c1-2-31-18-12-10-17(11-13-18)22-14-15-23(32-22)25-24(20-8-5-6-16-28-20)29-26(33)30(25)21-9-4-3-7-19(21)27/h3-16,24-25H,2H2,1H3,(H,29,33)/t24-,25+/m0/s1. The first-order chi connectivity index (χ1) is 16.2. The molecule has 1 N–H and O–H groups in total. The van der Waals surface area contributed by atoms with Gasteiger partial charge in [-0.1, -0.05) is 18.2 Å². The number of pyridine rings is 1. The van der Waals surface area contributed by atoms with E-state index in [0.717, 1.165) is 17.0 Å². The lowest BCUT2D eigenvalue weighted by molar-refractivity contribution is 0.340. The molecule has 0 unspecified atom stereocenters. The van der Waals surface area contributed by atoms with Crippen LogP contribution in [0.15, 0.2) is 89.5 Å². The van der Waals surface area contributed by atoms with Crippen molar-refractivity contribution in [3.05, 3.63) is 102 Å². The predicted molar refractivity (Wildman–Crippen MR) is 130 cm³/mol. The predicted octanol–water partition coefficient (Wildman–Crippen LogP) is 6.06. The molecule has 7 heteroatoms. The number of benzene rings is 2. The monoisotopic (exact) mass is 459 g/mol. The molecule has 166 valence electrons. The first kappa shape index (κ1) is 21.2. The lowest BCUT2D eigenvalue weighted by atomic mass is 10.0. The van der Waals surface area contributed by atoms with Crippen LogP contribution in [-0.2, 0) is 0 Å². The number of nitrogens with one attached hydrogen (secondary N) is 1.